The molecule has 0 saturated heterocycles. The van der Waals surface area contributed by atoms with Gasteiger partial charge in [0.25, 0.3) is 0 Å². The topological polar surface area (TPSA) is 61.4 Å². The van der Waals surface area contributed by atoms with Crippen LogP contribution in [0.3, 0.4) is 0 Å². The van der Waals surface area contributed by atoms with Crippen molar-refractivity contribution >= 4 is 6.03 Å². The Morgan fingerprint density at radius 2 is 2.29 bits per heavy atom. The number of aliphatic hydroxyl groups excluding tert-OH is 1. The molecule has 1 rings (SSSR count). The third-order valence-electron chi connectivity index (χ3n) is 2.81. The first-order valence-corrected chi connectivity index (χ1v) is 6.47. The molecule has 0 fully saturated rings. The quantitative estimate of drug-likeness (QED) is 0.642. The molecule has 1 aliphatic rings. The number of nitrogens with one attached hydrogen (secondary N) is 2. The Balaban J connectivity index is 2.16. The molecule has 0 heterocycles. The second-order valence-corrected chi connectivity index (χ2v) is 5.10. The van der Waals surface area contributed by atoms with Gasteiger partial charge < -0.3 is 15.7 Å². The molecule has 0 spiro atoms. The second-order valence-electron chi connectivity index (χ2n) is 5.10. The smallest absolute Gasteiger partial charge is 0.315 e. The normalized spacial score (nSPS) is 21.3. The van der Waals surface area contributed by atoms with E-state index in [1.807, 2.05) is 6.08 Å². The van der Waals surface area contributed by atoms with Crippen LogP contribution in [0.25, 0.3) is 0 Å². The van der Waals surface area contributed by atoms with E-state index < -0.39 is 6.10 Å². The van der Waals surface area contributed by atoms with Crippen LogP contribution in [0.1, 0.15) is 39.5 Å². The van der Waals surface area contributed by atoms with Crippen LogP contribution in [-0.2, 0) is 0 Å². The van der Waals surface area contributed by atoms with Crippen LogP contribution in [0.15, 0.2) is 12.2 Å². The van der Waals surface area contributed by atoms with Crippen molar-refractivity contribution < 1.29 is 9.90 Å². The first-order valence-electron chi connectivity index (χ1n) is 6.47. The van der Waals surface area contributed by atoms with Gasteiger partial charge in [-0.3, -0.25) is 0 Å². The summed E-state index contributed by atoms with van der Waals surface area (Å²) in [6.07, 6.45) is 7.62. The number of hydrogen-bond donors (Lipinski definition) is 3. The molecule has 17 heavy (non-hydrogen) atoms. The second kappa shape index (κ2) is 7.33. The highest BCUT2D eigenvalue weighted by Gasteiger charge is 2.12. The van der Waals surface area contributed by atoms with Gasteiger partial charge >= 0.3 is 6.03 Å². The van der Waals surface area contributed by atoms with Gasteiger partial charge in [0.15, 0.2) is 0 Å². The average Bonchev–Trinajstić information content (AvgIpc) is 2.27. The van der Waals surface area contributed by atoms with Crippen molar-refractivity contribution in [1.29, 1.82) is 0 Å². The van der Waals surface area contributed by atoms with E-state index in [-0.39, 0.29) is 12.1 Å². The summed E-state index contributed by atoms with van der Waals surface area (Å²) in [5.41, 5.74) is 0. The summed E-state index contributed by atoms with van der Waals surface area (Å²) < 4.78 is 0. The van der Waals surface area contributed by atoms with E-state index in [9.17, 15) is 9.90 Å². The van der Waals surface area contributed by atoms with Crippen molar-refractivity contribution in [2.24, 2.45) is 5.92 Å². The highest BCUT2D eigenvalue weighted by Crippen LogP contribution is 2.09. The maximum atomic E-state index is 11.5. The standard InChI is InChI=1S/C13H24N2O2/c1-10(2)8-12(16)9-14-13(17)15-11-6-4-3-5-7-11/h4,6,10-12,16H,3,5,7-9H2,1-2H3,(H2,14,15,17). The van der Waals surface area contributed by atoms with Gasteiger partial charge in [0, 0.05) is 12.6 Å². The van der Waals surface area contributed by atoms with Crippen molar-refractivity contribution in [2.45, 2.75) is 51.7 Å². The molecule has 0 aromatic rings. The predicted octanol–water partition coefficient (Wildman–Crippen LogP) is 1.80. The summed E-state index contributed by atoms with van der Waals surface area (Å²) in [7, 11) is 0. The molecule has 0 aromatic heterocycles. The average molecular weight is 240 g/mol. The van der Waals surface area contributed by atoms with E-state index in [1.54, 1.807) is 0 Å². The Labute approximate surface area is 103 Å². The van der Waals surface area contributed by atoms with Crippen molar-refractivity contribution in [1.82, 2.24) is 10.6 Å². The van der Waals surface area contributed by atoms with Crippen LogP contribution in [0, 0.1) is 5.92 Å². The Bertz CT molecular complexity index is 264. The molecule has 0 saturated carbocycles. The molecule has 2 atom stereocenters. The largest absolute Gasteiger partial charge is 0.391 e. The van der Waals surface area contributed by atoms with Gasteiger partial charge in [-0.25, -0.2) is 4.79 Å². The van der Waals surface area contributed by atoms with Gasteiger partial charge in [0.2, 0.25) is 0 Å². The summed E-state index contributed by atoms with van der Waals surface area (Å²) in [6.45, 7) is 4.42. The van der Waals surface area contributed by atoms with Gasteiger partial charge in [0.1, 0.15) is 0 Å². The van der Waals surface area contributed by atoms with Crippen molar-refractivity contribution in [3.63, 3.8) is 0 Å². The molecule has 98 valence electrons. The number of hydrogen-bond acceptors (Lipinski definition) is 2. The number of rotatable bonds is 5. The van der Waals surface area contributed by atoms with Crippen LogP contribution in [0.2, 0.25) is 0 Å². The highest BCUT2D eigenvalue weighted by molar-refractivity contribution is 5.74. The summed E-state index contributed by atoms with van der Waals surface area (Å²) in [5, 5.41) is 15.2. The lowest BCUT2D eigenvalue weighted by molar-refractivity contribution is 0.146. The van der Waals surface area contributed by atoms with Gasteiger partial charge in [-0.1, -0.05) is 26.0 Å². The first-order chi connectivity index (χ1) is 8.08. The van der Waals surface area contributed by atoms with E-state index in [0.717, 1.165) is 19.3 Å². The molecular weight excluding hydrogens is 216 g/mol. The Morgan fingerprint density at radius 3 is 2.88 bits per heavy atom. The van der Waals surface area contributed by atoms with Crippen molar-refractivity contribution in [3.8, 4) is 0 Å². The molecule has 0 aliphatic heterocycles. The summed E-state index contributed by atoms with van der Waals surface area (Å²) >= 11 is 0. The van der Waals surface area contributed by atoms with Crippen LogP contribution in [0.4, 0.5) is 4.79 Å². The molecule has 1 aliphatic carbocycles. The minimum Gasteiger partial charge on any atom is -0.391 e. The van der Waals surface area contributed by atoms with E-state index >= 15 is 0 Å². The molecule has 2 amide bonds. The Hall–Kier alpha value is -1.03. The monoisotopic (exact) mass is 240 g/mol. The fourth-order valence-corrected chi connectivity index (χ4v) is 1.99. The summed E-state index contributed by atoms with van der Waals surface area (Å²) in [5.74, 6) is 0.441. The van der Waals surface area contributed by atoms with E-state index in [1.165, 1.54) is 0 Å². The number of carbonyl (C=O) groups excluding carboxylic acids is 1. The number of aliphatic hydroxyl groups is 1. The van der Waals surface area contributed by atoms with Gasteiger partial charge in [0.05, 0.1) is 6.10 Å². The van der Waals surface area contributed by atoms with Gasteiger partial charge in [-0.05, 0) is 31.6 Å². The Kier molecular flexibility index (Phi) is 6.05. The zero-order valence-electron chi connectivity index (χ0n) is 10.8. The molecule has 3 N–H and O–H groups in total. The summed E-state index contributed by atoms with van der Waals surface area (Å²) in [6, 6.07) is -0.0460. The molecule has 2 unspecified atom stereocenters. The van der Waals surface area contributed by atoms with Crippen LogP contribution in [-0.4, -0.2) is 29.8 Å². The zero-order valence-corrected chi connectivity index (χ0v) is 10.8. The molecule has 0 bridgehead atoms. The Morgan fingerprint density at radius 1 is 1.53 bits per heavy atom. The number of amides is 2. The fraction of sp³-hybridized carbons (Fsp3) is 0.769. The predicted molar refractivity (Wildman–Crippen MR) is 68.8 cm³/mol. The molecular formula is C13H24N2O2. The number of allylic oxidation sites excluding steroid dienone is 1. The van der Waals surface area contributed by atoms with E-state index in [2.05, 4.69) is 30.6 Å². The van der Waals surface area contributed by atoms with Crippen LogP contribution in [0.5, 0.6) is 0 Å². The van der Waals surface area contributed by atoms with E-state index in [4.69, 9.17) is 0 Å². The minimum absolute atomic E-state index is 0.144. The van der Waals surface area contributed by atoms with Crippen molar-refractivity contribution in [2.75, 3.05) is 6.54 Å². The van der Waals surface area contributed by atoms with Gasteiger partial charge in [-0.2, -0.15) is 0 Å². The maximum absolute atomic E-state index is 11.5. The van der Waals surface area contributed by atoms with Gasteiger partial charge in [-0.15, -0.1) is 0 Å². The third kappa shape index (κ3) is 6.31. The molecule has 4 nitrogen and oxygen atoms in total. The number of urea groups is 1. The highest BCUT2D eigenvalue weighted by atomic mass is 16.3. The molecule has 0 aromatic carbocycles. The first kappa shape index (κ1) is 14.0. The minimum atomic E-state index is -0.456. The number of carbonyl (C=O) groups is 1. The lowest BCUT2D eigenvalue weighted by Gasteiger charge is -2.19. The molecule has 0 radical (unpaired) electrons. The molecule has 4 heteroatoms. The lowest BCUT2D eigenvalue weighted by Crippen LogP contribution is -2.44. The zero-order chi connectivity index (χ0) is 12.7. The maximum Gasteiger partial charge on any atom is 0.315 e. The van der Waals surface area contributed by atoms with Crippen LogP contribution < -0.4 is 10.6 Å². The van der Waals surface area contributed by atoms with E-state index in [0.29, 0.717) is 18.9 Å². The third-order valence-corrected chi connectivity index (χ3v) is 2.81. The van der Waals surface area contributed by atoms with Crippen molar-refractivity contribution in [3.05, 3.63) is 12.2 Å². The summed E-state index contributed by atoms with van der Waals surface area (Å²) in [4.78, 5) is 11.5. The SMILES string of the molecule is CC(C)CC(O)CNC(=O)NC1C=CCCC1. The van der Waals surface area contributed by atoms with Crippen LogP contribution >= 0.6 is 0 Å². The fourth-order valence-electron chi connectivity index (χ4n) is 1.99. The lowest BCUT2D eigenvalue weighted by atomic mass is 10.0.